The second-order valence-corrected chi connectivity index (χ2v) is 3.89. The van der Waals surface area contributed by atoms with Crippen LogP contribution in [-0.2, 0) is 11.2 Å². The van der Waals surface area contributed by atoms with Gasteiger partial charge in [0.05, 0.1) is 0 Å². The van der Waals surface area contributed by atoms with Crippen LogP contribution in [0.2, 0.25) is 0 Å². The molecule has 0 aliphatic rings. The van der Waals surface area contributed by atoms with Crippen molar-refractivity contribution in [1.82, 2.24) is 4.98 Å². The molecule has 4 heteroatoms. The zero-order chi connectivity index (χ0) is 12.3. The molecule has 1 atom stereocenters. The van der Waals surface area contributed by atoms with E-state index in [1.54, 1.807) is 42.6 Å². The fourth-order valence-corrected chi connectivity index (χ4v) is 1.76. The maximum absolute atomic E-state index is 11.2. The van der Waals surface area contributed by atoms with Crippen LogP contribution < -0.4 is 0 Å². The molecular formula is C13H13NO3. The van der Waals surface area contributed by atoms with Crippen LogP contribution in [0.3, 0.4) is 0 Å². The number of phenolic OH excluding ortho intramolecular Hbond substituents is 1. The van der Waals surface area contributed by atoms with Crippen molar-refractivity contribution in [3.63, 3.8) is 0 Å². The average molecular weight is 231 g/mol. The van der Waals surface area contributed by atoms with E-state index in [-0.39, 0.29) is 5.75 Å². The molecule has 0 radical (unpaired) electrons. The highest BCUT2D eigenvalue weighted by molar-refractivity contribution is 5.75. The molecule has 0 saturated carbocycles. The Labute approximate surface area is 98.5 Å². The lowest BCUT2D eigenvalue weighted by Crippen LogP contribution is -2.14. The molecule has 0 amide bonds. The fourth-order valence-electron chi connectivity index (χ4n) is 1.76. The number of aliphatic carboxylic acids is 1. The Kier molecular flexibility index (Phi) is 3.14. The summed E-state index contributed by atoms with van der Waals surface area (Å²) >= 11 is 0. The Morgan fingerprint density at radius 3 is 2.47 bits per heavy atom. The number of rotatable bonds is 4. The second kappa shape index (κ2) is 4.74. The highest BCUT2D eigenvalue weighted by atomic mass is 16.4. The van der Waals surface area contributed by atoms with E-state index in [9.17, 15) is 9.90 Å². The number of nitrogens with one attached hydrogen (secondary N) is 1. The van der Waals surface area contributed by atoms with Crippen LogP contribution in [0.4, 0.5) is 0 Å². The van der Waals surface area contributed by atoms with Crippen molar-refractivity contribution in [3.8, 4) is 5.75 Å². The van der Waals surface area contributed by atoms with Gasteiger partial charge >= 0.3 is 5.97 Å². The molecule has 0 aliphatic carbocycles. The average Bonchev–Trinajstić information content (AvgIpc) is 2.81. The molecule has 0 aliphatic heterocycles. The van der Waals surface area contributed by atoms with Gasteiger partial charge in [0, 0.05) is 11.9 Å². The SMILES string of the molecule is O=C(O)C(Cc1ccc(O)cc1)c1ccc[nH]1. The number of aromatic nitrogens is 1. The Morgan fingerprint density at radius 2 is 1.94 bits per heavy atom. The summed E-state index contributed by atoms with van der Waals surface area (Å²) in [4.78, 5) is 14.1. The molecule has 0 bridgehead atoms. The minimum absolute atomic E-state index is 0.181. The van der Waals surface area contributed by atoms with Gasteiger partial charge in [-0.15, -0.1) is 0 Å². The molecule has 88 valence electrons. The maximum Gasteiger partial charge on any atom is 0.312 e. The Morgan fingerprint density at radius 1 is 1.24 bits per heavy atom. The lowest BCUT2D eigenvalue weighted by Gasteiger charge is -2.10. The monoisotopic (exact) mass is 231 g/mol. The number of carboxylic acid groups (broad SMARTS) is 1. The number of carboxylic acids is 1. The summed E-state index contributed by atoms with van der Waals surface area (Å²) in [5.74, 6) is -1.27. The molecule has 1 heterocycles. The van der Waals surface area contributed by atoms with E-state index in [0.717, 1.165) is 5.56 Å². The predicted octanol–water partition coefficient (Wildman–Crippen LogP) is 2.13. The Bertz CT molecular complexity index is 488. The normalized spacial score (nSPS) is 12.2. The Balaban J connectivity index is 2.19. The summed E-state index contributed by atoms with van der Waals surface area (Å²) in [6.45, 7) is 0. The molecule has 1 aromatic heterocycles. The van der Waals surface area contributed by atoms with E-state index in [1.165, 1.54) is 0 Å². The molecule has 4 nitrogen and oxygen atoms in total. The number of phenols is 1. The van der Waals surface area contributed by atoms with Gasteiger partial charge < -0.3 is 15.2 Å². The van der Waals surface area contributed by atoms with Crippen molar-refractivity contribution in [2.75, 3.05) is 0 Å². The van der Waals surface area contributed by atoms with Gasteiger partial charge in [0.2, 0.25) is 0 Å². The van der Waals surface area contributed by atoms with Crippen LogP contribution in [0.15, 0.2) is 42.6 Å². The summed E-state index contributed by atoms with van der Waals surface area (Å²) in [5, 5.41) is 18.4. The first-order valence-corrected chi connectivity index (χ1v) is 5.31. The van der Waals surface area contributed by atoms with Gasteiger partial charge in [-0.25, -0.2) is 0 Å². The number of carbonyl (C=O) groups is 1. The summed E-state index contributed by atoms with van der Waals surface area (Å²) in [5.41, 5.74) is 1.57. The largest absolute Gasteiger partial charge is 0.508 e. The number of H-pyrrole nitrogens is 1. The Hall–Kier alpha value is -2.23. The third-order valence-electron chi connectivity index (χ3n) is 2.67. The minimum Gasteiger partial charge on any atom is -0.508 e. The van der Waals surface area contributed by atoms with Crippen molar-refractivity contribution >= 4 is 5.97 Å². The van der Waals surface area contributed by atoms with Gasteiger partial charge in [0.25, 0.3) is 0 Å². The third kappa shape index (κ3) is 2.66. The molecule has 0 spiro atoms. The number of aromatic hydroxyl groups is 1. The van der Waals surface area contributed by atoms with E-state index in [0.29, 0.717) is 12.1 Å². The molecule has 1 unspecified atom stereocenters. The zero-order valence-corrected chi connectivity index (χ0v) is 9.13. The minimum atomic E-state index is -0.861. The van der Waals surface area contributed by atoms with Gasteiger partial charge in [0.15, 0.2) is 0 Å². The summed E-state index contributed by atoms with van der Waals surface area (Å²) in [6.07, 6.45) is 2.11. The smallest absolute Gasteiger partial charge is 0.312 e. The van der Waals surface area contributed by atoms with Gasteiger partial charge in [-0.2, -0.15) is 0 Å². The van der Waals surface area contributed by atoms with E-state index in [2.05, 4.69) is 4.98 Å². The van der Waals surface area contributed by atoms with Gasteiger partial charge in [0.1, 0.15) is 11.7 Å². The van der Waals surface area contributed by atoms with Crippen LogP contribution in [0.25, 0.3) is 0 Å². The first-order chi connectivity index (χ1) is 8.16. The van der Waals surface area contributed by atoms with Crippen LogP contribution in [-0.4, -0.2) is 21.2 Å². The summed E-state index contributed by atoms with van der Waals surface area (Å²) < 4.78 is 0. The number of aromatic amines is 1. The van der Waals surface area contributed by atoms with Gasteiger partial charge in [-0.05, 0) is 36.2 Å². The fraction of sp³-hybridized carbons (Fsp3) is 0.154. The number of hydrogen-bond acceptors (Lipinski definition) is 2. The molecule has 2 rings (SSSR count). The predicted molar refractivity (Wildman–Crippen MR) is 63.0 cm³/mol. The first-order valence-electron chi connectivity index (χ1n) is 5.31. The van der Waals surface area contributed by atoms with E-state index in [1.807, 2.05) is 0 Å². The van der Waals surface area contributed by atoms with Crippen LogP contribution >= 0.6 is 0 Å². The highest BCUT2D eigenvalue weighted by Gasteiger charge is 2.20. The topological polar surface area (TPSA) is 73.3 Å². The summed E-state index contributed by atoms with van der Waals surface area (Å²) in [6, 6.07) is 10.1. The molecule has 1 aromatic carbocycles. The van der Waals surface area contributed by atoms with Crippen LogP contribution in [0, 0.1) is 0 Å². The standard InChI is InChI=1S/C13H13NO3/c15-10-5-3-9(4-6-10)8-11(13(16)17)12-2-1-7-14-12/h1-7,11,14-15H,8H2,(H,16,17). The van der Waals surface area contributed by atoms with Crippen molar-refractivity contribution in [3.05, 3.63) is 53.9 Å². The van der Waals surface area contributed by atoms with Gasteiger partial charge in [-0.3, -0.25) is 4.79 Å². The van der Waals surface area contributed by atoms with E-state index < -0.39 is 11.9 Å². The lowest BCUT2D eigenvalue weighted by molar-refractivity contribution is -0.138. The molecule has 0 fully saturated rings. The van der Waals surface area contributed by atoms with Crippen LogP contribution in [0.1, 0.15) is 17.2 Å². The van der Waals surface area contributed by atoms with E-state index >= 15 is 0 Å². The number of benzene rings is 1. The van der Waals surface area contributed by atoms with Crippen molar-refractivity contribution in [1.29, 1.82) is 0 Å². The third-order valence-corrected chi connectivity index (χ3v) is 2.67. The van der Waals surface area contributed by atoms with Crippen molar-refractivity contribution < 1.29 is 15.0 Å². The first kappa shape index (κ1) is 11.3. The molecule has 17 heavy (non-hydrogen) atoms. The van der Waals surface area contributed by atoms with E-state index in [4.69, 9.17) is 5.11 Å². The molecule has 0 saturated heterocycles. The van der Waals surface area contributed by atoms with Crippen LogP contribution in [0.5, 0.6) is 5.75 Å². The molecular weight excluding hydrogens is 218 g/mol. The highest BCUT2D eigenvalue weighted by Crippen LogP contribution is 2.21. The second-order valence-electron chi connectivity index (χ2n) is 3.89. The zero-order valence-electron chi connectivity index (χ0n) is 9.13. The van der Waals surface area contributed by atoms with Gasteiger partial charge in [-0.1, -0.05) is 12.1 Å². The maximum atomic E-state index is 11.2. The quantitative estimate of drug-likeness (QED) is 0.754. The lowest BCUT2D eigenvalue weighted by atomic mass is 9.96. The van der Waals surface area contributed by atoms with Crippen molar-refractivity contribution in [2.45, 2.75) is 12.3 Å². The summed E-state index contributed by atoms with van der Waals surface area (Å²) in [7, 11) is 0. The number of hydrogen-bond donors (Lipinski definition) is 3. The molecule has 3 N–H and O–H groups in total. The molecule has 2 aromatic rings. The van der Waals surface area contributed by atoms with Crippen molar-refractivity contribution in [2.24, 2.45) is 0 Å².